The number of nitrogens with zero attached hydrogens (tertiary/aromatic N) is 1. The number of ether oxygens (including phenoxy) is 1. The van der Waals surface area contributed by atoms with Crippen molar-refractivity contribution in [3.8, 4) is 11.5 Å². The number of hydrogen-bond donors (Lipinski definition) is 4. The summed E-state index contributed by atoms with van der Waals surface area (Å²) in [6.45, 7) is 1.48. The number of carbonyl (C=O) groups is 3. The lowest BCUT2D eigenvalue weighted by atomic mass is 10.0. The monoisotopic (exact) mass is 493 g/mol. The first-order valence-electron chi connectivity index (χ1n) is 10.0. The van der Waals surface area contributed by atoms with Gasteiger partial charge in [-0.05, 0) is 61.0 Å². The quantitative estimate of drug-likeness (QED) is 0.310. The molecule has 0 saturated heterocycles. The average Bonchev–Trinajstić information content (AvgIpc) is 3.31. The summed E-state index contributed by atoms with van der Waals surface area (Å²) in [4.78, 5) is 35.8. The largest absolute Gasteiger partial charge is 0.478 e. The van der Waals surface area contributed by atoms with E-state index in [1.165, 1.54) is 36.5 Å². The number of amides is 1. The number of anilines is 1. The van der Waals surface area contributed by atoms with Crippen LogP contribution in [0, 0.1) is 6.92 Å². The molecule has 9 nitrogen and oxygen atoms in total. The molecule has 10 heteroatoms. The van der Waals surface area contributed by atoms with Crippen molar-refractivity contribution in [1.29, 1.82) is 0 Å². The lowest BCUT2D eigenvalue weighted by Gasteiger charge is -2.05. The normalized spacial score (nSPS) is 9.51. The topological polar surface area (TPSA) is 166 Å². The zero-order valence-electron chi connectivity index (χ0n) is 18.6. The number of carboxylic acid groups (broad SMARTS) is 2. The van der Waals surface area contributed by atoms with Crippen LogP contribution in [-0.4, -0.2) is 33.0 Å². The average molecular weight is 494 g/mol. The lowest BCUT2D eigenvalue weighted by molar-refractivity contribution is 0.0695. The molecule has 0 aliphatic heterocycles. The van der Waals surface area contributed by atoms with E-state index in [9.17, 15) is 14.4 Å². The molecule has 35 heavy (non-hydrogen) atoms. The van der Waals surface area contributed by atoms with Crippen LogP contribution in [0.5, 0.6) is 11.5 Å². The Morgan fingerprint density at radius 2 is 1.37 bits per heavy atom. The van der Waals surface area contributed by atoms with Crippen LogP contribution in [0.25, 0.3) is 0 Å². The molecule has 0 unspecified atom stereocenters. The van der Waals surface area contributed by atoms with Gasteiger partial charge in [0.05, 0.1) is 11.1 Å². The van der Waals surface area contributed by atoms with Crippen molar-refractivity contribution in [3.63, 3.8) is 0 Å². The number of hydrogen-bond acceptors (Lipinski definition) is 7. The number of aromatic nitrogens is 1. The van der Waals surface area contributed by atoms with Crippen LogP contribution in [0.1, 0.15) is 36.6 Å². The summed E-state index contributed by atoms with van der Waals surface area (Å²) in [6, 6.07) is 20.3. The summed E-state index contributed by atoms with van der Waals surface area (Å²) in [7, 11) is 0. The number of carboxylic acids is 2. The predicted octanol–water partition coefficient (Wildman–Crippen LogP) is 4.69. The highest BCUT2D eigenvalue weighted by Crippen LogP contribution is 2.20. The van der Waals surface area contributed by atoms with E-state index in [1.807, 2.05) is 35.7 Å². The highest BCUT2D eigenvalue weighted by atomic mass is 32.1. The van der Waals surface area contributed by atoms with E-state index in [0.717, 1.165) is 5.75 Å². The predicted molar refractivity (Wildman–Crippen MR) is 133 cm³/mol. The van der Waals surface area contributed by atoms with Crippen LogP contribution in [0.3, 0.4) is 0 Å². The fourth-order valence-corrected chi connectivity index (χ4v) is 3.03. The number of para-hydroxylation sites is 1. The van der Waals surface area contributed by atoms with Crippen molar-refractivity contribution in [1.82, 2.24) is 4.98 Å². The molecule has 0 atom stereocenters. The van der Waals surface area contributed by atoms with E-state index in [1.54, 1.807) is 30.5 Å². The van der Waals surface area contributed by atoms with Crippen LogP contribution in [0.4, 0.5) is 5.13 Å². The molecule has 0 aliphatic rings. The number of primary amides is 1. The first-order valence-corrected chi connectivity index (χ1v) is 10.9. The Bertz CT molecular complexity index is 1230. The molecule has 1 amide bonds. The first-order chi connectivity index (χ1) is 16.7. The number of benzene rings is 3. The van der Waals surface area contributed by atoms with Gasteiger partial charge in [-0.3, -0.25) is 4.79 Å². The maximum atomic E-state index is 10.9. The van der Waals surface area contributed by atoms with Gasteiger partial charge in [0.25, 0.3) is 0 Å². The molecule has 1 heterocycles. The minimum Gasteiger partial charge on any atom is -0.478 e. The first kappa shape index (κ1) is 26.6. The summed E-state index contributed by atoms with van der Waals surface area (Å²) in [5.41, 5.74) is 11.1. The Morgan fingerprint density at radius 3 is 1.77 bits per heavy atom. The van der Waals surface area contributed by atoms with Crippen LogP contribution in [0.2, 0.25) is 0 Å². The Morgan fingerprint density at radius 1 is 0.829 bits per heavy atom. The highest BCUT2D eigenvalue weighted by molar-refractivity contribution is 7.13. The molecule has 3 aromatic carbocycles. The molecule has 4 aromatic rings. The van der Waals surface area contributed by atoms with Gasteiger partial charge < -0.3 is 26.4 Å². The number of nitrogen functional groups attached to an aromatic ring is 1. The van der Waals surface area contributed by atoms with Crippen LogP contribution in [-0.2, 0) is 0 Å². The number of carbonyl (C=O) groups excluding carboxylic acids is 1. The minimum atomic E-state index is -1.11. The third-order valence-electron chi connectivity index (χ3n) is 4.36. The fraction of sp³-hybridized carbons (Fsp3) is 0.0400. The fourth-order valence-electron chi connectivity index (χ4n) is 2.65. The third-order valence-corrected chi connectivity index (χ3v) is 4.97. The van der Waals surface area contributed by atoms with Crippen molar-refractivity contribution >= 4 is 34.3 Å². The van der Waals surface area contributed by atoms with Gasteiger partial charge in [0.15, 0.2) is 5.13 Å². The molecule has 0 radical (unpaired) electrons. The lowest BCUT2D eigenvalue weighted by Crippen LogP contribution is -2.10. The van der Waals surface area contributed by atoms with Crippen molar-refractivity contribution in [2.24, 2.45) is 5.73 Å². The van der Waals surface area contributed by atoms with E-state index in [0.29, 0.717) is 16.4 Å². The van der Waals surface area contributed by atoms with Gasteiger partial charge in [-0.2, -0.15) is 0 Å². The van der Waals surface area contributed by atoms with E-state index in [2.05, 4.69) is 4.98 Å². The highest BCUT2D eigenvalue weighted by Gasteiger charge is 2.13. The molecule has 6 N–H and O–H groups in total. The molecule has 0 fully saturated rings. The summed E-state index contributed by atoms with van der Waals surface area (Å²) < 4.78 is 5.56. The molecule has 4 rings (SSSR count). The van der Waals surface area contributed by atoms with Crippen molar-refractivity contribution < 1.29 is 29.3 Å². The number of aromatic carboxylic acids is 2. The second-order valence-corrected chi connectivity index (χ2v) is 7.69. The van der Waals surface area contributed by atoms with Crippen LogP contribution in [0.15, 0.2) is 84.4 Å². The molecule has 0 aliphatic carbocycles. The number of rotatable bonds is 5. The maximum Gasteiger partial charge on any atom is 0.335 e. The zero-order chi connectivity index (χ0) is 25.8. The van der Waals surface area contributed by atoms with E-state index in [-0.39, 0.29) is 16.7 Å². The molecule has 0 bridgehead atoms. The molecule has 1 aromatic heterocycles. The Labute approximate surface area is 205 Å². The second-order valence-electron chi connectivity index (χ2n) is 6.76. The standard InChI is InChI=1S/C13H11NO2.C9H8O4.C3H4N2S/c14-13(15)10-6-8-12(9-7-10)16-11-4-2-1-3-5-11;1-5-6(8(10)11)3-2-4-7(5)9(12)13;4-3-5-1-2-6-3/h1-9H,(H2,14,15);2-4H,1H3,(H,10,11)(H,12,13);1-2H,(H2,4,5). The Hall–Kier alpha value is -4.70. The van der Waals surface area contributed by atoms with Gasteiger partial charge in [-0.25, -0.2) is 14.6 Å². The van der Waals surface area contributed by atoms with Gasteiger partial charge in [0.1, 0.15) is 11.5 Å². The van der Waals surface area contributed by atoms with Crippen LogP contribution < -0.4 is 16.2 Å². The Balaban J connectivity index is 0.000000203. The maximum absolute atomic E-state index is 10.9. The third kappa shape index (κ3) is 8.63. The van der Waals surface area contributed by atoms with Crippen molar-refractivity contribution in [2.45, 2.75) is 6.92 Å². The number of thiazole rings is 1. The molecule has 180 valence electrons. The number of nitrogens with two attached hydrogens (primary N) is 2. The summed E-state index contributed by atoms with van der Waals surface area (Å²) in [6.07, 6.45) is 1.68. The van der Waals surface area contributed by atoms with E-state index < -0.39 is 17.8 Å². The smallest absolute Gasteiger partial charge is 0.335 e. The SMILES string of the molecule is Cc1c(C(=O)O)cccc1C(=O)O.NC(=O)c1ccc(Oc2ccccc2)cc1.Nc1nccs1. The molecule has 0 spiro atoms. The summed E-state index contributed by atoms with van der Waals surface area (Å²) >= 11 is 1.44. The molecular weight excluding hydrogens is 470 g/mol. The van der Waals surface area contributed by atoms with Gasteiger partial charge >= 0.3 is 11.9 Å². The van der Waals surface area contributed by atoms with Gasteiger partial charge in [-0.15, -0.1) is 11.3 Å². The van der Waals surface area contributed by atoms with Gasteiger partial charge in [0, 0.05) is 17.1 Å². The summed E-state index contributed by atoms with van der Waals surface area (Å²) in [5.74, 6) is -1.22. The van der Waals surface area contributed by atoms with E-state index >= 15 is 0 Å². The van der Waals surface area contributed by atoms with Crippen molar-refractivity contribution in [2.75, 3.05) is 5.73 Å². The van der Waals surface area contributed by atoms with Gasteiger partial charge in [0.2, 0.25) is 5.91 Å². The molecule has 0 saturated carbocycles. The molecular formula is C25H23N3O6S. The minimum absolute atomic E-state index is 0.0277. The Kier molecular flexibility index (Phi) is 9.95. The van der Waals surface area contributed by atoms with Crippen LogP contribution >= 0.6 is 11.3 Å². The van der Waals surface area contributed by atoms with Gasteiger partial charge in [-0.1, -0.05) is 24.3 Å². The van der Waals surface area contributed by atoms with Crippen molar-refractivity contribution in [3.05, 3.63) is 107 Å². The van der Waals surface area contributed by atoms with E-state index in [4.69, 9.17) is 26.4 Å². The second kappa shape index (κ2) is 13.1. The summed E-state index contributed by atoms with van der Waals surface area (Å²) in [5, 5.41) is 19.8. The zero-order valence-corrected chi connectivity index (χ0v) is 19.4.